The van der Waals surface area contributed by atoms with Crippen molar-refractivity contribution in [2.24, 2.45) is 5.92 Å². The lowest BCUT2D eigenvalue weighted by Gasteiger charge is -2.33. The topological polar surface area (TPSA) is 111 Å². The normalized spacial score (nSPS) is 21.2. The highest BCUT2D eigenvalue weighted by Crippen LogP contribution is 2.31. The molecule has 9 nitrogen and oxygen atoms in total. The van der Waals surface area contributed by atoms with Crippen molar-refractivity contribution in [1.29, 1.82) is 0 Å². The first-order chi connectivity index (χ1) is 17.9. The number of carbonyl (C=O) groups is 3. The molecule has 0 unspecified atom stereocenters. The summed E-state index contributed by atoms with van der Waals surface area (Å²) < 4.78 is 5.12. The van der Waals surface area contributed by atoms with Crippen molar-refractivity contribution in [3.05, 3.63) is 0 Å². The van der Waals surface area contributed by atoms with E-state index < -0.39 is 17.7 Å². The molecule has 0 aromatic rings. The van der Waals surface area contributed by atoms with Gasteiger partial charge in [0, 0.05) is 19.7 Å². The van der Waals surface area contributed by atoms with E-state index in [-0.39, 0.29) is 25.0 Å². The summed E-state index contributed by atoms with van der Waals surface area (Å²) in [5.74, 6) is 0.380. The molecule has 0 bridgehead atoms. The Morgan fingerprint density at radius 3 is 2.54 bits per heavy atom. The molecule has 1 aliphatic heterocycles. The third-order valence-corrected chi connectivity index (χ3v) is 7.90. The summed E-state index contributed by atoms with van der Waals surface area (Å²) in [7, 11) is 0. The van der Waals surface area contributed by atoms with Crippen LogP contribution >= 0.6 is 0 Å². The Labute approximate surface area is 224 Å². The summed E-state index contributed by atoms with van der Waals surface area (Å²) in [5.41, 5.74) is 2.00. The summed E-state index contributed by atoms with van der Waals surface area (Å²) in [5, 5.41) is 14.3. The van der Waals surface area contributed by atoms with Gasteiger partial charge in [0.25, 0.3) is 5.91 Å². The zero-order valence-corrected chi connectivity index (χ0v) is 23.6. The maximum absolute atomic E-state index is 13.8. The van der Waals surface area contributed by atoms with E-state index in [9.17, 15) is 19.5 Å². The highest BCUT2D eigenvalue weighted by Gasteiger charge is 2.49. The van der Waals surface area contributed by atoms with Crippen molar-refractivity contribution >= 4 is 17.9 Å². The molecule has 3 N–H and O–H groups in total. The van der Waals surface area contributed by atoms with E-state index in [1.54, 1.807) is 11.8 Å². The predicted molar refractivity (Wildman–Crippen MR) is 145 cm³/mol. The lowest BCUT2D eigenvalue weighted by Crippen LogP contribution is -2.58. The molecular weight excluding hydrogens is 472 g/mol. The molecule has 0 radical (unpaired) electrons. The van der Waals surface area contributed by atoms with Crippen molar-refractivity contribution < 1.29 is 24.2 Å². The molecule has 1 heterocycles. The van der Waals surface area contributed by atoms with Gasteiger partial charge in [-0.05, 0) is 64.3 Å². The number of aliphatic hydroxyl groups is 1. The maximum Gasteiger partial charge on any atom is 0.428 e. The molecule has 2 atom stereocenters. The lowest BCUT2D eigenvalue weighted by molar-refractivity contribution is -0.143. The first-order valence-electron chi connectivity index (χ1n) is 14.8. The van der Waals surface area contributed by atoms with Gasteiger partial charge < -0.3 is 20.1 Å². The second-order valence-corrected chi connectivity index (χ2v) is 10.7. The average molecular weight is 525 g/mol. The van der Waals surface area contributed by atoms with Crippen molar-refractivity contribution in [3.63, 3.8) is 0 Å². The van der Waals surface area contributed by atoms with E-state index in [0.29, 0.717) is 38.8 Å². The molecule has 2 rings (SSSR count). The minimum absolute atomic E-state index is 0.0313. The van der Waals surface area contributed by atoms with Crippen molar-refractivity contribution in [2.75, 3.05) is 32.8 Å². The van der Waals surface area contributed by atoms with Crippen LogP contribution in [0.15, 0.2) is 0 Å². The highest BCUT2D eigenvalue weighted by molar-refractivity contribution is 5.94. The van der Waals surface area contributed by atoms with E-state index in [0.717, 1.165) is 38.1 Å². The Hall–Kier alpha value is -1.87. The van der Waals surface area contributed by atoms with Gasteiger partial charge in [0.15, 0.2) is 0 Å². The number of nitrogens with one attached hydrogen (secondary N) is 2. The van der Waals surface area contributed by atoms with Crippen LogP contribution in [-0.4, -0.2) is 77.4 Å². The number of carbonyl (C=O) groups excluding carboxylic acids is 3. The summed E-state index contributed by atoms with van der Waals surface area (Å²) in [6, 6.07) is -0.656. The summed E-state index contributed by atoms with van der Waals surface area (Å²) in [6.07, 6.45) is 12.8. The molecule has 2 aliphatic rings. The molecule has 1 aliphatic carbocycles. The second kappa shape index (κ2) is 16.9. The zero-order valence-electron chi connectivity index (χ0n) is 23.6. The van der Waals surface area contributed by atoms with Gasteiger partial charge >= 0.3 is 6.09 Å². The molecule has 3 amide bonds. The molecule has 0 aromatic carbocycles. The fourth-order valence-corrected chi connectivity index (χ4v) is 5.77. The number of unbranched alkanes of at least 4 members (excludes halogenated alkanes) is 1. The standard InChI is InChI=1S/C28H52N4O5/c1-4-7-20-32(27(36)37-6-3)30-25(34)24(13-5-2)31-21-18-28(26(31)35,17-12-22-33)29-19-11-16-23-14-9-8-10-15-23/h23-24,29,33H,4-22H2,1-3H3,(H,30,34)/t24-,28+/m0/s1. The third kappa shape index (κ3) is 9.43. The number of amides is 3. The van der Waals surface area contributed by atoms with E-state index >= 15 is 0 Å². The number of hydrazine groups is 1. The van der Waals surface area contributed by atoms with E-state index in [2.05, 4.69) is 10.7 Å². The summed E-state index contributed by atoms with van der Waals surface area (Å²) in [6.45, 7) is 7.59. The van der Waals surface area contributed by atoms with Crippen LogP contribution in [0, 0.1) is 5.92 Å². The highest BCUT2D eigenvalue weighted by atomic mass is 16.6. The fraction of sp³-hybridized carbons (Fsp3) is 0.893. The van der Waals surface area contributed by atoms with E-state index in [1.807, 2.05) is 13.8 Å². The molecule has 214 valence electrons. The smallest absolute Gasteiger partial charge is 0.428 e. The molecule has 37 heavy (non-hydrogen) atoms. The van der Waals surface area contributed by atoms with Gasteiger partial charge in [-0.15, -0.1) is 0 Å². The van der Waals surface area contributed by atoms with Crippen LogP contribution in [0.5, 0.6) is 0 Å². The Morgan fingerprint density at radius 2 is 1.89 bits per heavy atom. The molecule has 9 heteroatoms. The number of hydrogen-bond donors (Lipinski definition) is 3. The second-order valence-electron chi connectivity index (χ2n) is 10.7. The van der Waals surface area contributed by atoms with Gasteiger partial charge in [-0.3, -0.25) is 15.0 Å². The van der Waals surface area contributed by atoms with Crippen molar-refractivity contribution in [2.45, 2.75) is 122 Å². The fourth-order valence-electron chi connectivity index (χ4n) is 5.77. The van der Waals surface area contributed by atoms with Gasteiger partial charge in [0.05, 0.1) is 12.1 Å². The van der Waals surface area contributed by atoms with Crippen molar-refractivity contribution in [1.82, 2.24) is 20.7 Å². The first kappa shape index (κ1) is 31.3. The molecule has 2 fully saturated rings. The Balaban J connectivity index is 2.07. The molecule has 0 spiro atoms. The Morgan fingerprint density at radius 1 is 1.14 bits per heavy atom. The van der Waals surface area contributed by atoms with Crippen molar-refractivity contribution in [3.8, 4) is 0 Å². The van der Waals surface area contributed by atoms with Gasteiger partial charge in [0.1, 0.15) is 6.04 Å². The van der Waals surface area contributed by atoms with Crippen LogP contribution in [-0.2, 0) is 14.3 Å². The first-order valence-corrected chi connectivity index (χ1v) is 14.8. The van der Waals surface area contributed by atoms with E-state index in [1.165, 1.54) is 43.5 Å². The minimum Gasteiger partial charge on any atom is -0.448 e. The van der Waals surface area contributed by atoms with Crippen LogP contribution in [0.25, 0.3) is 0 Å². The monoisotopic (exact) mass is 524 g/mol. The van der Waals surface area contributed by atoms with Gasteiger partial charge in [0.2, 0.25) is 5.91 Å². The number of likely N-dealkylation sites (tertiary alicyclic amines) is 1. The molecule has 1 saturated carbocycles. The van der Waals surface area contributed by atoms with E-state index in [4.69, 9.17) is 4.74 Å². The SMILES string of the molecule is CCCCN(NC(=O)[C@H](CCC)N1CC[C@@](CCCO)(NCCCC2CCCCC2)C1=O)C(=O)OCC. The maximum atomic E-state index is 13.8. The zero-order chi connectivity index (χ0) is 27.1. The number of nitrogens with zero attached hydrogens (tertiary/aromatic N) is 2. The Kier molecular flexibility index (Phi) is 14.3. The van der Waals surface area contributed by atoms with Crippen LogP contribution < -0.4 is 10.7 Å². The van der Waals surface area contributed by atoms with Gasteiger partial charge in [-0.2, -0.15) is 0 Å². The predicted octanol–water partition coefficient (Wildman–Crippen LogP) is 4.14. The summed E-state index contributed by atoms with van der Waals surface area (Å²) in [4.78, 5) is 41.3. The molecular formula is C28H52N4O5. The third-order valence-electron chi connectivity index (χ3n) is 7.90. The quantitative estimate of drug-likeness (QED) is 0.207. The van der Waals surface area contributed by atoms with Gasteiger partial charge in [-0.1, -0.05) is 58.8 Å². The number of ether oxygens (including phenoxy) is 1. The largest absolute Gasteiger partial charge is 0.448 e. The average Bonchev–Trinajstić information content (AvgIpc) is 3.22. The molecule has 1 saturated heterocycles. The van der Waals surface area contributed by atoms with Crippen LogP contribution in [0.2, 0.25) is 0 Å². The van der Waals surface area contributed by atoms with Gasteiger partial charge in [-0.25, -0.2) is 9.80 Å². The number of aliphatic hydroxyl groups excluding tert-OH is 1. The van der Waals surface area contributed by atoms with Crippen LogP contribution in [0.1, 0.15) is 111 Å². The number of rotatable bonds is 16. The summed E-state index contributed by atoms with van der Waals surface area (Å²) >= 11 is 0. The van der Waals surface area contributed by atoms with Crippen LogP contribution in [0.4, 0.5) is 4.79 Å². The number of hydrogen-bond acceptors (Lipinski definition) is 6. The Bertz CT molecular complexity index is 700. The minimum atomic E-state index is -0.745. The lowest BCUT2D eigenvalue weighted by atomic mass is 9.86. The molecule has 0 aromatic heterocycles. The van der Waals surface area contributed by atoms with Crippen LogP contribution in [0.3, 0.4) is 0 Å².